The Labute approximate surface area is 95.2 Å². The van der Waals surface area contributed by atoms with Crippen molar-refractivity contribution < 1.29 is 14.3 Å². The summed E-state index contributed by atoms with van der Waals surface area (Å²) in [6, 6.07) is -0.116. The summed E-state index contributed by atoms with van der Waals surface area (Å²) in [6.07, 6.45) is 3.73. The Morgan fingerprint density at radius 3 is 2.56 bits per heavy atom. The van der Waals surface area contributed by atoms with Gasteiger partial charge in [0.05, 0.1) is 6.04 Å². The summed E-state index contributed by atoms with van der Waals surface area (Å²) in [4.78, 5) is 24.8. The van der Waals surface area contributed by atoms with Crippen LogP contribution in [0.2, 0.25) is 0 Å². The number of hydrogen-bond acceptors (Lipinski definition) is 3. The van der Waals surface area contributed by atoms with E-state index >= 15 is 0 Å². The molecular weight excluding hydrogens is 206 g/mol. The molecule has 2 aliphatic rings. The maximum Gasteiger partial charge on any atom is 0.417 e. The highest BCUT2D eigenvalue weighted by molar-refractivity contribution is 5.96. The minimum Gasteiger partial charge on any atom is -0.443 e. The van der Waals surface area contributed by atoms with E-state index in [1.807, 2.05) is 19.1 Å². The van der Waals surface area contributed by atoms with E-state index in [4.69, 9.17) is 4.74 Å². The molecule has 2 rings (SSSR count). The summed E-state index contributed by atoms with van der Waals surface area (Å²) in [5, 5.41) is 0. The lowest BCUT2D eigenvalue weighted by molar-refractivity contribution is -0.127. The number of ether oxygens (including phenoxy) is 1. The van der Waals surface area contributed by atoms with Crippen molar-refractivity contribution in [2.24, 2.45) is 5.41 Å². The van der Waals surface area contributed by atoms with Crippen LogP contribution in [0.25, 0.3) is 0 Å². The van der Waals surface area contributed by atoms with Gasteiger partial charge in [0.25, 0.3) is 0 Å². The zero-order valence-corrected chi connectivity index (χ0v) is 10.1. The van der Waals surface area contributed by atoms with E-state index in [0.717, 1.165) is 0 Å². The molecule has 0 spiro atoms. The molecule has 1 heterocycles. The number of hydrogen-bond donors (Lipinski definition) is 0. The molecule has 0 N–H and O–H groups in total. The second-order valence-corrected chi connectivity index (χ2v) is 5.73. The van der Waals surface area contributed by atoms with Crippen molar-refractivity contribution in [3.8, 4) is 0 Å². The second kappa shape index (κ2) is 3.09. The molecule has 4 heteroatoms. The van der Waals surface area contributed by atoms with Crippen LogP contribution < -0.4 is 0 Å². The summed E-state index contributed by atoms with van der Waals surface area (Å²) in [5.41, 5.74) is -0.738. The lowest BCUT2D eigenvalue weighted by atomic mass is 9.74. The smallest absolute Gasteiger partial charge is 0.417 e. The van der Waals surface area contributed by atoms with Gasteiger partial charge >= 0.3 is 6.09 Å². The van der Waals surface area contributed by atoms with Gasteiger partial charge in [0.1, 0.15) is 5.60 Å². The highest BCUT2D eigenvalue weighted by Gasteiger charge is 2.53. The fraction of sp³-hybridized carbons (Fsp3) is 0.667. The van der Waals surface area contributed by atoms with Crippen LogP contribution in [-0.2, 0) is 9.53 Å². The first-order chi connectivity index (χ1) is 7.23. The van der Waals surface area contributed by atoms with E-state index in [0.29, 0.717) is 6.42 Å². The third kappa shape index (κ3) is 1.62. The third-order valence-electron chi connectivity index (χ3n) is 3.00. The number of likely N-dealkylation sites (tertiary alicyclic amines) is 1. The van der Waals surface area contributed by atoms with Gasteiger partial charge in [-0.25, -0.2) is 9.69 Å². The largest absolute Gasteiger partial charge is 0.443 e. The molecular formula is C12H17NO3. The zero-order valence-electron chi connectivity index (χ0n) is 10.1. The lowest BCUT2D eigenvalue weighted by Gasteiger charge is -2.36. The molecule has 2 amide bonds. The van der Waals surface area contributed by atoms with E-state index in [1.165, 1.54) is 4.90 Å². The van der Waals surface area contributed by atoms with Crippen molar-refractivity contribution in [3.63, 3.8) is 0 Å². The average Bonchev–Trinajstić information content (AvgIpc) is 2.23. The molecule has 0 radical (unpaired) electrons. The molecule has 4 nitrogen and oxygen atoms in total. The Morgan fingerprint density at radius 1 is 1.56 bits per heavy atom. The van der Waals surface area contributed by atoms with Crippen molar-refractivity contribution in [2.75, 3.05) is 0 Å². The number of carbonyl (C=O) groups excluding carboxylic acids is 2. The second-order valence-electron chi connectivity index (χ2n) is 5.73. The average molecular weight is 223 g/mol. The van der Waals surface area contributed by atoms with E-state index < -0.39 is 11.7 Å². The molecule has 0 unspecified atom stereocenters. The van der Waals surface area contributed by atoms with Gasteiger partial charge in [0, 0.05) is 11.8 Å². The Hall–Kier alpha value is -1.32. The van der Waals surface area contributed by atoms with Crippen molar-refractivity contribution in [1.29, 1.82) is 0 Å². The summed E-state index contributed by atoms with van der Waals surface area (Å²) in [5.74, 6) is -0.147. The first kappa shape index (κ1) is 11.2. The highest BCUT2D eigenvalue weighted by atomic mass is 16.6. The molecule has 1 aliphatic heterocycles. The van der Waals surface area contributed by atoms with Crippen molar-refractivity contribution >= 4 is 12.0 Å². The number of nitrogens with zero attached hydrogens (tertiary/aromatic N) is 1. The van der Waals surface area contributed by atoms with E-state index in [-0.39, 0.29) is 17.4 Å². The topological polar surface area (TPSA) is 46.6 Å². The third-order valence-corrected chi connectivity index (χ3v) is 3.00. The zero-order chi connectivity index (χ0) is 12.1. The van der Waals surface area contributed by atoms with Crippen LogP contribution in [0.15, 0.2) is 12.2 Å². The van der Waals surface area contributed by atoms with Gasteiger partial charge < -0.3 is 4.74 Å². The number of amides is 2. The SMILES string of the molecule is CC(C)(C)OC(=O)N1C(=O)C[C@]2(C)C=C[C@@H]12. The van der Waals surface area contributed by atoms with E-state index in [1.54, 1.807) is 20.8 Å². The van der Waals surface area contributed by atoms with Crippen LogP contribution in [-0.4, -0.2) is 28.5 Å². The fourth-order valence-electron chi connectivity index (χ4n) is 2.15. The van der Waals surface area contributed by atoms with Gasteiger partial charge in [-0.05, 0) is 20.8 Å². The first-order valence-electron chi connectivity index (χ1n) is 5.47. The molecule has 0 bridgehead atoms. The minimum atomic E-state index is -0.566. The summed E-state index contributed by atoms with van der Waals surface area (Å²) < 4.78 is 5.22. The maximum absolute atomic E-state index is 11.9. The first-order valence-corrected chi connectivity index (χ1v) is 5.47. The van der Waals surface area contributed by atoms with Gasteiger partial charge in [-0.2, -0.15) is 0 Å². The summed E-state index contributed by atoms with van der Waals surface area (Å²) in [6.45, 7) is 7.36. The monoisotopic (exact) mass is 223 g/mol. The lowest BCUT2D eigenvalue weighted by Crippen LogP contribution is -2.47. The fourth-order valence-corrected chi connectivity index (χ4v) is 2.15. The molecule has 16 heavy (non-hydrogen) atoms. The Balaban J connectivity index is 2.14. The molecule has 0 saturated carbocycles. The number of imide groups is 1. The molecule has 2 atom stereocenters. The van der Waals surface area contributed by atoms with Crippen molar-refractivity contribution in [1.82, 2.24) is 4.90 Å². The van der Waals surface area contributed by atoms with Gasteiger partial charge in [-0.1, -0.05) is 19.1 Å². The number of rotatable bonds is 0. The normalized spacial score (nSPS) is 32.4. The predicted molar refractivity (Wildman–Crippen MR) is 58.7 cm³/mol. The number of carbonyl (C=O) groups is 2. The minimum absolute atomic E-state index is 0.116. The van der Waals surface area contributed by atoms with E-state index in [2.05, 4.69) is 0 Å². The number of fused-ring (bicyclic) bond motifs is 1. The molecule has 1 saturated heterocycles. The van der Waals surface area contributed by atoms with Gasteiger partial charge in [0.15, 0.2) is 0 Å². The predicted octanol–water partition coefficient (Wildman–Crippen LogP) is 2.10. The highest BCUT2D eigenvalue weighted by Crippen LogP contribution is 2.46. The Morgan fingerprint density at radius 2 is 2.19 bits per heavy atom. The van der Waals surface area contributed by atoms with Crippen LogP contribution in [0.1, 0.15) is 34.1 Å². The molecule has 0 aromatic rings. The quantitative estimate of drug-likeness (QED) is 0.591. The summed E-state index contributed by atoms with van der Waals surface area (Å²) >= 11 is 0. The molecule has 1 aliphatic carbocycles. The Bertz CT molecular complexity index is 380. The van der Waals surface area contributed by atoms with Gasteiger partial charge in [-0.3, -0.25) is 4.79 Å². The standard InChI is InChI=1S/C12H17NO3/c1-11(2,3)16-10(15)13-8-5-6-12(8,4)7-9(13)14/h5-6,8H,7H2,1-4H3/t8-,12+/m1/s1. The maximum atomic E-state index is 11.9. The molecule has 0 aromatic heterocycles. The van der Waals surface area contributed by atoms with Crippen LogP contribution in [0.4, 0.5) is 4.79 Å². The molecule has 88 valence electrons. The van der Waals surface area contributed by atoms with Gasteiger partial charge in [0.2, 0.25) is 5.91 Å². The molecule has 1 fully saturated rings. The van der Waals surface area contributed by atoms with Crippen molar-refractivity contribution in [2.45, 2.75) is 45.8 Å². The van der Waals surface area contributed by atoms with Crippen LogP contribution in [0.5, 0.6) is 0 Å². The van der Waals surface area contributed by atoms with E-state index in [9.17, 15) is 9.59 Å². The summed E-state index contributed by atoms with van der Waals surface area (Å²) in [7, 11) is 0. The Kier molecular flexibility index (Phi) is 2.16. The van der Waals surface area contributed by atoms with Crippen LogP contribution in [0, 0.1) is 5.41 Å². The van der Waals surface area contributed by atoms with Crippen LogP contribution in [0.3, 0.4) is 0 Å². The van der Waals surface area contributed by atoms with Crippen molar-refractivity contribution in [3.05, 3.63) is 12.2 Å². The van der Waals surface area contributed by atoms with Gasteiger partial charge in [-0.15, -0.1) is 0 Å². The van der Waals surface area contributed by atoms with Crippen LogP contribution >= 0.6 is 0 Å². The molecule has 0 aromatic carbocycles.